The maximum absolute atomic E-state index is 13.7. The molecule has 0 aromatic carbocycles. The Labute approximate surface area is 268 Å². The Kier molecular flexibility index (Phi) is 14.5. The average Bonchev–Trinajstić information content (AvgIpc) is 3.27. The minimum absolute atomic E-state index is 0.0303. The third kappa shape index (κ3) is 10.3. The topological polar surface area (TPSA) is 95.7 Å². The van der Waals surface area contributed by atoms with Crippen molar-refractivity contribution in [2.24, 2.45) is 23.5 Å². The van der Waals surface area contributed by atoms with E-state index in [2.05, 4.69) is 24.4 Å². The van der Waals surface area contributed by atoms with Crippen LogP contribution in [-0.4, -0.2) is 58.9 Å². The van der Waals surface area contributed by atoms with Gasteiger partial charge in [-0.25, -0.2) is 4.79 Å². The third-order valence-corrected chi connectivity index (χ3v) is 11.0. The molecule has 5 fully saturated rings. The van der Waals surface area contributed by atoms with E-state index in [4.69, 9.17) is 5.73 Å². The van der Waals surface area contributed by atoms with E-state index in [1.54, 1.807) is 9.80 Å². The van der Waals surface area contributed by atoms with E-state index < -0.39 is 0 Å². The monoisotopic (exact) mass is 612 g/mol. The summed E-state index contributed by atoms with van der Waals surface area (Å²) in [6, 6.07) is -0.252. The van der Waals surface area contributed by atoms with Gasteiger partial charge in [-0.3, -0.25) is 14.5 Å². The zero-order valence-electron chi connectivity index (χ0n) is 28.0. The Morgan fingerprint density at radius 3 is 2.00 bits per heavy atom. The number of urea groups is 1. The highest BCUT2D eigenvalue weighted by Crippen LogP contribution is 2.58. The molecule has 44 heavy (non-hydrogen) atoms. The van der Waals surface area contributed by atoms with Crippen molar-refractivity contribution in [2.75, 3.05) is 19.6 Å². The molecule has 250 valence electrons. The summed E-state index contributed by atoms with van der Waals surface area (Å²) >= 11 is 0. The lowest BCUT2D eigenvalue weighted by atomic mass is 9.52. The molecule has 0 aromatic rings. The molecule has 1 unspecified atom stereocenters. The zero-order chi connectivity index (χ0) is 31.2. The molecule has 0 aromatic heterocycles. The minimum atomic E-state index is -0.250. The summed E-state index contributed by atoms with van der Waals surface area (Å²) < 4.78 is 0. The summed E-state index contributed by atoms with van der Waals surface area (Å²) in [7, 11) is 0. The second-order valence-corrected chi connectivity index (χ2v) is 14.9. The number of hydrogen-bond acceptors (Lipinski definition) is 4. The van der Waals surface area contributed by atoms with Crippen molar-refractivity contribution >= 4 is 17.8 Å². The van der Waals surface area contributed by atoms with Gasteiger partial charge in [-0.2, -0.15) is 0 Å². The molecular weight excluding hydrogens is 548 g/mol. The van der Waals surface area contributed by atoms with Crippen LogP contribution in [0.2, 0.25) is 0 Å². The molecule has 0 spiro atoms. The molecule has 1 heterocycles. The van der Waals surface area contributed by atoms with Crippen molar-refractivity contribution in [1.29, 1.82) is 0 Å². The highest BCUT2D eigenvalue weighted by Gasteiger charge is 2.58. The van der Waals surface area contributed by atoms with Crippen molar-refractivity contribution in [2.45, 2.75) is 166 Å². The molecule has 1 aliphatic heterocycles. The molecule has 0 radical (unpaired) electrons. The lowest BCUT2D eigenvalue weighted by molar-refractivity contribution is -0.138. The summed E-state index contributed by atoms with van der Waals surface area (Å²) in [5.74, 6) is 2.07. The van der Waals surface area contributed by atoms with Crippen LogP contribution in [-0.2, 0) is 9.59 Å². The number of allylic oxidation sites excluding steroid dienone is 2. The molecule has 4 aliphatic carbocycles. The third-order valence-electron chi connectivity index (χ3n) is 11.0. The SMILES string of the molecule is CCCCCCCC/C=C/CCCCCCCC(=O)NC(CCCCN)CN1CC(=O)N(C23CC4CC(CC(C4)C2)C3)C1=O. The number of unbranched alkanes of at least 4 members (excludes halogenated alkanes) is 12. The van der Waals surface area contributed by atoms with Crippen LogP contribution in [0, 0.1) is 17.8 Å². The number of imide groups is 1. The van der Waals surface area contributed by atoms with Gasteiger partial charge in [-0.05, 0) is 108 Å². The summed E-state index contributed by atoms with van der Waals surface area (Å²) in [5.41, 5.74) is 5.50. The number of nitrogens with one attached hydrogen (secondary N) is 1. The Hall–Kier alpha value is -1.89. The van der Waals surface area contributed by atoms with Crippen molar-refractivity contribution in [1.82, 2.24) is 15.1 Å². The number of hydrogen-bond donors (Lipinski definition) is 2. The molecule has 7 heteroatoms. The van der Waals surface area contributed by atoms with Crippen LogP contribution in [0.4, 0.5) is 4.79 Å². The number of carbonyl (C=O) groups excluding carboxylic acids is 3. The highest BCUT2D eigenvalue weighted by molar-refractivity contribution is 6.03. The molecule has 4 amide bonds. The summed E-state index contributed by atoms with van der Waals surface area (Å²) in [4.78, 5) is 43.3. The van der Waals surface area contributed by atoms with Gasteiger partial charge < -0.3 is 16.0 Å². The number of nitrogens with two attached hydrogens (primary N) is 1. The first kappa shape index (κ1) is 35.0. The van der Waals surface area contributed by atoms with Crippen molar-refractivity contribution < 1.29 is 14.4 Å². The van der Waals surface area contributed by atoms with Gasteiger partial charge in [0.1, 0.15) is 6.54 Å². The van der Waals surface area contributed by atoms with Gasteiger partial charge in [-0.15, -0.1) is 0 Å². The van der Waals surface area contributed by atoms with Gasteiger partial charge in [0.05, 0.1) is 5.54 Å². The normalized spacial score (nSPS) is 26.8. The second kappa shape index (κ2) is 18.3. The van der Waals surface area contributed by atoms with E-state index in [-0.39, 0.29) is 36.0 Å². The fraction of sp³-hybridized carbons (Fsp3) is 0.865. The molecule has 1 saturated heterocycles. The fourth-order valence-corrected chi connectivity index (χ4v) is 9.16. The van der Waals surface area contributed by atoms with Crippen LogP contribution < -0.4 is 11.1 Å². The molecule has 1 atom stereocenters. The van der Waals surface area contributed by atoms with Gasteiger partial charge in [0.25, 0.3) is 5.91 Å². The number of carbonyl (C=O) groups is 3. The minimum Gasteiger partial charge on any atom is -0.352 e. The quantitative estimate of drug-likeness (QED) is 0.0697. The van der Waals surface area contributed by atoms with E-state index in [9.17, 15) is 14.4 Å². The van der Waals surface area contributed by atoms with Crippen LogP contribution in [0.25, 0.3) is 0 Å². The van der Waals surface area contributed by atoms with E-state index in [1.807, 2.05) is 0 Å². The fourth-order valence-electron chi connectivity index (χ4n) is 9.16. The maximum Gasteiger partial charge on any atom is 0.327 e. The maximum atomic E-state index is 13.7. The summed E-state index contributed by atoms with van der Waals surface area (Å²) in [6.07, 6.45) is 30.8. The molecule has 4 bridgehead atoms. The first-order valence-corrected chi connectivity index (χ1v) is 18.7. The first-order valence-electron chi connectivity index (χ1n) is 18.7. The van der Waals surface area contributed by atoms with E-state index in [1.165, 1.54) is 89.9 Å². The van der Waals surface area contributed by atoms with Crippen molar-refractivity contribution in [3.63, 3.8) is 0 Å². The van der Waals surface area contributed by atoms with Gasteiger partial charge in [0, 0.05) is 19.0 Å². The first-order chi connectivity index (χ1) is 21.4. The summed E-state index contributed by atoms with van der Waals surface area (Å²) in [5, 5.41) is 3.23. The molecule has 7 nitrogen and oxygen atoms in total. The molecule has 4 saturated carbocycles. The molecular formula is C37H64N4O3. The van der Waals surface area contributed by atoms with Gasteiger partial charge in [0.15, 0.2) is 0 Å². The van der Waals surface area contributed by atoms with Gasteiger partial charge >= 0.3 is 6.03 Å². The van der Waals surface area contributed by atoms with Crippen LogP contribution in [0.5, 0.6) is 0 Å². The lowest BCUT2D eigenvalue weighted by Gasteiger charge is -2.58. The predicted molar refractivity (Wildman–Crippen MR) is 179 cm³/mol. The number of rotatable bonds is 23. The standard InChI is InChI=1S/C37H64N4O3/c1-2-3-4-5-6-7-8-9-10-11-12-13-14-15-16-20-34(42)39-33(19-17-18-21-38)28-40-29-35(43)41(36(40)44)37-25-30-22-31(26-37)24-32(23-30)27-37/h9-10,30-33H,2-8,11-29,38H2,1H3,(H,39,42)/b10-9+. The van der Waals surface area contributed by atoms with Gasteiger partial charge in [0.2, 0.25) is 5.91 Å². The Bertz CT molecular complexity index is 898. The Morgan fingerprint density at radius 1 is 0.841 bits per heavy atom. The van der Waals surface area contributed by atoms with Crippen molar-refractivity contribution in [3.05, 3.63) is 12.2 Å². The van der Waals surface area contributed by atoms with Crippen LogP contribution >= 0.6 is 0 Å². The van der Waals surface area contributed by atoms with Gasteiger partial charge in [-0.1, -0.05) is 76.9 Å². The zero-order valence-corrected chi connectivity index (χ0v) is 28.0. The molecule has 3 N–H and O–H groups in total. The molecule has 5 aliphatic rings. The number of nitrogens with zero attached hydrogens (tertiary/aromatic N) is 2. The average molecular weight is 613 g/mol. The summed E-state index contributed by atoms with van der Waals surface area (Å²) in [6.45, 7) is 3.45. The van der Waals surface area contributed by atoms with Crippen LogP contribution in [0.3, 0.4) is 0 Å². The van der Waals surface area contributed by atoms with E-state index in [0.717, 1.165) is 51.4 Å². The van der Waals surface area contributed by atoms with Crippen molar-refractivity contribution in [3.8, 4) is 0 Å². The predicted octanol–water partition coefficient (Wildman–Crippen LogP) is 7.87. The largest absolute Gasteiger partial charge is 0.352 e. The van der Waals surface area contributed by atoms with Crippen LogP contribution in [0.15, 0.2) is 12.2 Å². The molecule has 5 rings (SSSR count). The number of amides is 4. The highest BCUT2D eigenvalue weighted by atomic mass is 16.2. The Balaban J connectivity index is 1.12. The Morgan fingerprint density at radius 2 is 1.41 bits per heavy atom. The lowest BCUT2D eigenvalue weighted by Crippen LogP contribution is -2.62. The smallest absolute Gasteiger partial charge is 0.327 e. The van der Waals surface area contributed by atoms with E-state index >= 15 is 0 Å². The van der Waals surface area contributed by atoms with Crippen LogP contribution in [0.1, 0.15) is 155 Å². The second-order valence-electron chi connectivity index (χ2n) is 14.9. The van der Waals surface area contributed by atoms with E-state index in [0.29, 0.717) is 37.3 Å².